The molecule has 0 N–H and O–H groups in total. The van der Waals surface area contributed by atoms with Crippen LogP contribution in [-0.4, -0.2) is 99.6 Å². The SMILES string of the molecule is C=C(C)C(=O)OCCOC(=O)CC(C)OC(=O)CC[Se](=[Se])CCC(=O)OC(C)CC(=O)OCCOC(=O)C(=C)C. The molecule has 0 amide bonds. The Morgan fingerprint density at radius 2 is 0.950 bits per heavy atom. The van der Waals surface area contributed by atoms with Gasteiger partial charge in [-0.05, 0) is 13.8 Å². The minimum Gasteiger partial charge on any atom is -0.247 e. The van der Waals surface area contributed by atoms with Crippen LogP contribution in [0.15, 0.2) is 24.3 Å². The fourth-order valence-electron chi connectivity index (χ4n) is 2.56. The number of hydrogen-bond acceptors (Lipinski definition) is 12. The summed E-state index contributed by atoms with van der Waals surface area (Å²) in [4.78, 5) is 70.3. The van der Waals surface area contributed by atoms with Crippen LogP contribution in [0.3, 0.4) is 0 Å². The van der Waals surface area contributed by atoms with E-state index in [-0.39, 0.29) is 63.3 Å². The predicted octanol–water partition coefficient (Wildman–Crippen LogP) is 1.90. The molecule has 0 aliphatic carbocycles. The van der Waals surface area contributed by atoms with Gasteiger partial charge in [0.15, 0.2) is 0 Å². The van der Waals surface area contributed by atoms with Gasteiger partial charge in [0.1, 0.15) is 0 Å². The molecular weight excluding hydrogens is 662 g/mol. The zero-order valence-electron chi connectivity index (χ0n) is 23.4. The summed E-state index contributed by atoms with van der Waals surface area (Å²) in [5, 5.41) is 1.07. The zero-order chi connectivity index (χ0) is 30.7. The normalized spacial score (nSPS) is 12.6. The first-order chi connectivity index (χ1) is 18.7. The molecular formula is C26H38O12Se2. The fraction of sp³-hybridized carbons (Fsp3) is 0.615. The van der Waals surface area contributed by atoms with E-state index < -0.39 is 59.6 Å². The monoisotopic (exact) mass is 702 g/mol. The predicted molar refractivity (Wildman–Crippen MR) is 144 cm³/mol. The molecule has 0 aromatic rings. The molecule has 0 bridgehead atoms. The van der Waals surface area contributed by atoms with Crippen molar-refractivity contribution >= 4 is 61.0 Å². The number of ether oxygens (including phenoxy) is 6. The van der Waals surface area contributed by atoms with Crippen LogP contribution in [-0.2, 0) is 57.2 Å². The van der Waals surface area contributed by atoms with E-state index >= 15 is 0 Å². The number of carbonyl (C=O) groups excluding carboxylic acids is 6. The molecule has 0 radical (unpaired) electrons. The van der Waals surface area contributed by atoms with Gasteiger partial charge < -0.3 is 0 Å². The summed E-state index contributed by atoms with van der Waals surface area (Å²) in [6.07, 6.45) is -1.39. The van der Waals surface area contributed by atoms with E-state index in [4.69, 9.17) is 28.4 Å². The summed E-state index contributed by atoms with van der Waals surface area (Å²) in [5.74, 6) is -3.27. The number of esters is 6. The van der Waals surface area contributed by atoms with Crippen molar-refractivity contribution in [2.75, 3.05) is 26.4 Å². The molecule has 0 saturated heterocycles. The maximum absolute atomic E-state index is 12.1. The van der Waals surface area contributed by atoms with Crippen LogP contribution in [0, 0.1) is 0 Å². The van der Waals surface area contributed by atoms with E-state index in [1.807, 2.05) is 0 Å². The third-order valence-corrected chi connectivity index (χ3v) is 10.9. The minimum absolute atomic E-state index is 0.0977. The molecule has 0 spiro atoms. The Morgan fingerprint density at radius 1 is 0.625 bits per heavy atom. The van der Waals surface area contributed by atoms with E-state index in [0.29, 0.717) is 10.6 Å². The molecule has 0 aliphatic heterocycles. The van der Waals surface area contributed by atoms with E-state index in [1.165, 1.54) is 13.8 Å². The molecule has 12 nitrogen and oxygen atoms in total. The summed E-state index contributed by atoms with van der Waals surface area (Å²) in [6.45, 7) is 12.6. The molecule has 2 unspecified atom stereocenters. The van der Waals surface area contributed by atoms with Crippen molar-refractivity contribution in [3.63, 3.8) is 0 Å². The van der Waals surface area contributed by atoms with Crippen molar-refractivity contribution in [3.8, 4) is 0 Å². The number of hydrogen-bond donors (Lipinski definition) is 0. The molecule has 0 saturated carbocycles. The Balaban J connectivity index is 4.04. The Bertz CT molecular complexity index is 885. The summed E-state index contributed by atoms with van der Waals surface area (Å²) in [6, 6.07) is 0. The van der Waals surface area contributed by atoms with E-state index in [0.717, 1.165) is 0 Å². The molecule has 0 aromatic heterocycles. The van der Waals surface area contributed by atoms with E-state index in [1.54, 1.807) is 13.8 Å². The average molecular weight is 700 g/mol. The standard InChI is InChI=1S/C26H38O12Se2/c1-17(2)25(31)35-11-9-33-23(29)15-19(5)37-21(27)7-13-40(39)14-8-22(28)38-20(6)16-24(30)34-10-12-36-26(32)18(3)4/h19-20H,1,3,7-16H2,2,4-6H3. The van der Waals surface area contributed by atoms with Crippen LogP contribution < -0.4 is 0 Å². The van der Waals surface area contributed by atoms with Crippen LogP contribution in [0.4, 0.5) is 0 Å². The van der Waals surface area contributed by atoms with Crippen LogP contribution >= 0.6 is 0 Å². The first-order valence-corrected chi connectivity index (χ1v) is 19.2. The Labute approximate surface area is 244 Å². The van der Waals surface area contributed by atoms with E-state index in [2.05, 4.69) is 26.8 Å². The average Bonchev–Trinajstić information content (AvgIpc) is 2.85. The zero-order valence-corrected chi connectivity index (χ0v) is 26.8. The fourth-order valence-corrected chi connectivity index (χ4v) is 6.46. The third-order valence-electron chi connectivity index (χ3n) is 4.50. The van der Waals surface area contributed by atoms with Crippen molar-refractivity contribution in [1.82, 2.24) is 0 Å². The number of carbonyl (C=O) groups is 6. The van der Waals surface area contributed by atoms with Gasteiger partial charge in [0.2, 0.25) is 0 Å². The molecule has 226 valence electrons. The first kappa shape index (κ1) is 37.3. The van der Waals surface area contributed by atoms with E-state index in [9.17, 15) is 28.8 Å². The summed E-state index contributed by atoms with van der Waals surface area (Å²) < 4.78 is 30.0. The number of rotatable bonds is 20. The van der Waals surface area contributed by atoms with Crippen molar-refractivity contribution in [2.24, 2.45) is 0 Å². The second-order valence-corrected chi connectivity index (χ2v) is 17.3. The van der Waals surface area contributed by atoms with Gasteiger partial charge >= 0.3 is 197 Å². The van der Waals surface area contributed by atoms with Crippen molar-refractivity contribution in [1.29, 1.82) is 0 Å². The molecule has 0 aliphatic rings. The molecule has 0 rings (SSSR count). The Morgan fingerprint density at radius 3 is 1.27 bits per heavy atom. The molecule has 14 heteroatoms. The van der Waals surface area contributed by atoms with Crippen LogP contribution in [0.1, 0.15) is 53.4 Å². The van der Waals surface area contributed by atoms with Gasteiger partial charge in [0.05, 0.1) is 0 Å². The smallest absolute Gasteiger partial charge is 0.247 e. The Hall–Kier alpha value is -2.66. The van der Waals surface area contributed by atoms with Crippen molar-refractivity contribution in [2.45, 2.75) is 76.2 Å². The second-order valence-electron chi connectivity index (χ2n) is 8.63. The van der Waals surface area contributed by atoms with Crippen LogP contribution in [0.5, 0.6) is 0 Å². The second kappa shape index (κ2) is 21.1. The van der Waals surface area contributed by atoms with Gasteiger partial charge in [0.25, 0.3) is 0 Å². The van der Waals surface area contributed by atoms with Gasteiger partial charge in [-0.1, -0.05) is 13.2 Å². The van der Waals surface area contributed by atoms with Gasteiger partial charge in [-0.15, -0.1) is 0 Å². The van der Waals surface area contributed by atoms with Crippen molar-refractivity contribution in [3.05, 3.63) is 24.3 Å². The Kier molecular flexibility index (Phi) is 19.7. The third kappa shape index (κ3) is 20.3. The first-order valence-electron chi connectivity index (χ1n) is 12.4. The van der Waals surface area contributed by atoms with Crippen LogP contribution in [0.2, 0.25) is 10.6 Å². The van der Waals surface area contributed by atoms with Gasteiger partial charge in [0, 0.05) is 11.1 Å². The van der Waals surface area contributed by atoms with Gasteiger partial charge in [-0.2, -0.15) is 0 Å². The molecule has 2 atom stereocenters. The van der Waals surface area contributed by atoms with Gasteiger partial charge in [-0.25, -0.2) is 9.59 Å². The minimum atomic E-state index is -1.39. The topological polar surface area (TPSA) is 158 Å². The molecule has 40 heavy (non-hydrogen) atoms. The van der Waals surface area contributed by atoms with Gasteiger partial charge in [-0.3, -0.25) is 0 Å². The van der Waals surface area contributed by atoms with Crippen LogP contribution in [0.25, 0.3) is 0 Å². The molecule has 0 fully saturated rings. The molecule has 0 heterocycles. The van der Waals surface area contributed by atoms with Crippen molar-refractivity contribution < 1.29 is 57.2 Å². The quantitative estimate of drug-likeness (QED) is 0.0599. The summed E-state index contributed by atoms with van der Waals surface area (Å²) >= 11 is 1.63. The summed E-state index contributed by atoms with van der Waals surface area (Å²) in [5.41, 5.74) is 0.481. The molecule has 0 aromatic carbocycles. The summed E-state index contributed by atoms with van der Waals surface area (Å²) in [7, 11) is 0. The maximum atomic E-state index is 12.1.